The van der Waals surface area contributed by atoms with Crippen molar-refractivity contribution >= 4 is 12.0 Å². The number of nitrogens with zero attached hydrogens (tertiary/aromatic N) is 1. The average molecular weight is 257 g/mol. The Balaban J connectivity index is 2.12. The van der Waals surface area contributed by atoms with Gasteiger partial charge in [0.05, 0.1) is 5.56 Å². The van der Waals surface area contributed by atoms with Crippen molar-refractivity contribution in [2.75, 3.05) is 18.0 Å². The van der Waals surface area contributed by atoms with E-state index in [0.717, 1.165) is 12.4 Å². The van der Waals surface area contributed by atoms with Crippen LogP contribution in [0.1, 0.15) is 18.4 Å². The van der Waals surface area contributed by atoms with Gasteiger partial charge in [-0.05, 0) is 31.0 Å². The van der Waals surface area contributed by atoms with Gasteiger partial charge in [0.1, 0.15) is 6.29 Å². The molecule has 2 nitrogen and oxygen atoms in total. The average Bonchev–Trinajstić information content (AvgIpc) is 2.38. The molecule has 2 rings (SSSR count). The number of anilines is 1. The Kier molecular flexibility index (Phi) is 3.59. The topological polar surface area (TPSA) is 20.3 Å². The number of carbonyl (C=O) groups excluding carboxylic acids is 1. The van der Waals surface area contributed by atoms with Gasteiger partial charge in [-0.2, -0.15) is 13.2 Å². The summed E-state index contributed by atoms with van der Waals surface area (Å²) in [7, 11) is 0. The van der Waals surface area contributed by atoms with Gasteiger partial charge in [0, 0.05) is 24.7 Å². The number of halogens is 3. The van der Waals surface area contributed by atoms with Gasteiger partial charge in [0.2, 0.25) is 0 Å². The molecule has 0 aromatic heterocycles. The van der Waals surface area contributed by atoms with Crippen LogP contribution in [0.25, 0.3) is 0 Å². The normalized spacial score (nSPS) is 17.8. The van der Waals surface area contributed by atoms with Crippen LogP contribution in [0.4, 0.5) is 18.9 Å². The number of aldehydes is 1. The van der Waals surface area contributed by atoms with E-state index in [9.17, 15) is 18.0 Å². The molecule has 0 unspecified atom stereocenters. The zero-order chi connectivity index (χ0) is 13.2. The van der Waals surface area contributed by atoms with Gasteiger partial charge >= 0.3 is 6.18 Å². The van der Waals surface area contributed by atoms with E-state index in [1.807, 2.05) is 4.90 Å². The number of hydrogen-bond acceptors (Lipinski definition) is 2. The van der Waals surface area contributed by atoms with Crippen molar-refractivity contribution in [3.8, 4) is 0 Å². The highest BCUT2D eigenvalue weighted by atomic mass is 19.4. The van der Waals surface area contributed by atoms with Crippen LogP contribution in [0.3, 0.4) is 0 Å². The predicted octanol–water partition coefficient (Wildman–Crippen LogP) is 3.12. The molecule has 98 valence electrons. The summed E-state index contributed by atoms with van der Waals surface area (Å²) in [4.78, 5) is 12.5. The lowest BCUT2D eigenvalue weighted by molar-refractivity contribution is -0.137. The van der Waals surface area contributed by atoms with E-state index in [2.05, 4.69) is 0 Å². The van der Waals surface area contributed by atoms with Crippen molar-refractivity contribution < 1.29 is 18.0 Å². The van der Waals surface area contributed by atoms with Crippen molar-refractivity contribution in [3.63, 3.8) is 0 Å². The minimum Gasteiger partial charge on any atom is -0.371 e. The molecule has 1 saturated heterocycles. The van der Waals surface area contributed by atoms with E-state index in [-0.39, 0.29) is 5.92 Å². The van der Waals surface area contributed by atoms with Crippen molar-refractivity contribution in [1.29, 1.82) is 0 Å². The molecule has 1 aromatic carbocycles. The fraction of sp³-hybridized carbons (Fsp3) is 0.462. The molecule has 1 aliphatic heterocycles. The summed E-state index contributed by atoms with van der Waals surface area (Å²) in [6.45, 7) is 1.26. The maximum atomic E-state index is 12.6. The Hall–Kier alpha value is -1.52. The molecular weight excluding hydrogens is 243 g/mol. The molecule has 0 spiro atoms. The Labute approximate surface area is 103 Å². The first kappa shape index (κ1) is 12.9. The molecule has 5 heteroatoms. The fourth-order valence-corrected chi connectivity index (χ4v) is 2.17. The molecule has 0 saturated carbocycles. The first-order valence-corrected chi connectivity index (χ1v) is 5.88. The molecule has 0 atom stereocenters. The molecule has 1 aromatic rings. The molecule has 0 radical (unpaired) electrons. The zero-order valence-electron chi connectivity index (χ0n) is 9.78. The first-order chi connectivity index (χ1) is 8.50. The summed E-state index contributed by atoms with van der Waals surface area (Å²) in [5.74, 6) is 0.0482. The molecule has 0 amide bonds. The van der Waals surface area contributed by atoms with E-state index >= 15 is 0 Å². The van der Waals surface area contributed by atoms with Gasteiger partial charge in [0.25, 0.3) is 0 Å². The number of benzene rings is 1. The number of piperidine rings is 1. The van der Waals surface area contributed by atoms with Crippen LogP contribution in [-0.2, 0) is 11.0 Å². The van der Waals surface area contributed by atoms with Gasteiger partial charge in [-0.15, -0.1) is 0 Å². The van der Waals surface area contributed by atoms with Crippen LogP contribution in [0, 0.1) is 5.92 Å². The molecule has 1 fully saturated rings. The van der Waals surface area contributed by atoms with Crippen molar-refractivity contribution in [1.82, 2.24) is 0 Å². The van der Waals surface area contributed by atoms with E-state index in [0.29, 0.717) is 31.6 Å². The molecule has 0 aliphatic carbocycles. The summed E-state index contributed by atoms with van der Waals surface area (Å²) >= 11 is 0. The SMILES string of the molecule is O=CC1CCN(c2cccc(C(F)(F)F)c2)CC1. The second-order valence-electron chi connectivity index (χ2n) is 4.51. The first-order valence-electron chi connectivity index (χ1n) is 5.88. The number of hydrogen-bond donors (Lipinski definition) is 0. The Bertz CT molecular complexity index is 422. The van der Waals surface area contributed by atoms with Crippen molar-refractivity contribution in [2.45, 2.75) is 19.0 Å². The van der Waals surface area contributed by atoms with E-state index < -0.39 is 11.7 Å². The third-order valence-electron chi connectivity index (χ3n) is 3.27. The summed E-state index contributed by atoms with van der Waals surface area (Å²) in [5, 5.41) is 0. The molecule has 1 heterocycles. The highest BCUT2D eigenvalue weighted by Gasteiger charge is 2.31. The number of alkyl halides is 3. The van der Waals surface area contributed by atoms with E-state index in [4.69, 9.17) is 0 Å². The predicted molar refractivity (Wildman–Crippen MR) is 62.4 cm³/mol. The maximum absolute atomic E-state index is 12.6. The van der Waals surface area contributed by atoms with Crippen LogP contribution < -0.4 is 4.90 Å². The minimum absolute atomic E-state index is 0.0482. The van der Waals surface area contributed by atoms with Gasteiger partial charge in [-0.1, -0.05) is 6.07 Å². The standard InChI is InChI=1S/C13H14F3NO/c14-13(15,16)11-2-1-3-12(8-11)17-6-4-10(9-18)5-7-17/h1-3,8-10H,4-7H2. The molecule has 1 aliphatic rings. The van der Waals surface area contributed by atoms with Crippen molar-refractivity contribution in [2.24, 2.45) is 5.92 Å². The third kappa shape index (κ3) is 2.83. The zero-order valence-corrected chi connectivity index (χ0v) is 9.78. The quantitative estimate of drug-likeness (QED) is 0.759. The lowest BCUT2D eigenvalue weighted by atomic mass is 9.98. The Morgan fingerprint density at radius 2 is 1.89 bits per heavy atom. The molecule has 18 heavy (non-hydrogen) atoms. The lowest BCUT2D eigenvalue weighted by Crippen LogP contribution is -2.34. The molecule has 0 bridgehead atoms. The summed E-state index contributed by atoms with van der Waals surface area (Å²) < 4.78 is 37.8. The minimum atomic E-state index is -4.31. The monoisotopic (exact) mass is 257 g/mol. The number of rotatable bonds is 2. The van der Waals surface area contributed by atoms with Crippen LogP contribution >= 0.6 is 0 Å². The number of carbonyl (C=O) groups is 1. The summed E-state index contributed by atoms with van der Waals surface area (Å²) in [6.07, 6.45) is -1.96. The fourth-order valence-electron chi connectivity index (χ4n) is 2.17. The Morgan fingerprint density at radius 1 is 1.22 bits per heavy atom. The maximum Gasteiger partial charge on any atom is 0.416 e. The second-order valence-corrected chi connectivity index (χ2v) is 4.51. The third-order valence-corrected chi connectivity index (χ3v) is 3.27. The molecular formula is C13H14F3NO. The van der Waals surface area contributed by atoms with Gasteiger partial charge in [0.15, 0.2) is 0 Å². The Morgan fingerprint density at radius 3 is 2.44 bits per heavy atom. The van der Waals surface area contributed by atoms with Crippen LogP contribution in [0.5, 0.6) is 0 Å². The van der Waals surface area contributed by atoms with E-state index in [1.54, 1.807) is 6.07 Å². The van der Waals surface area contributed by atoms with Crippen LogP contribution in [0.2, 0.25) is 0 Å². The second kappa shape index (κ2) is 5.00. The van der Waals surface area contributed by atoms with Gasteiger partial charge < -0.3 is 9.69 Å². The summed E-state index contributed by atoms with van der Waals surface area (Å²) in [6, 6.07) is 5.34. The highest BCUT2D eigenvalue weighted by Crippen LogP contribution is 2.32. The molecule has 0 N–H and O–H groups in total. The van der Waals surface area contributed by atoms with Crippen molar-refractivity contribution in [3.05, 3.63) is 29.8 Å². The lowest BCUT2D eigenvalue weighted by Gasteiger charge is -2.31. The van der Waals surface area contributed by atoms with Gasteiger partial charge in [-0.3, -0.25) is 0 Å². The van der Waals surface area contributed by atoms with Gasteiger partial charge in [-0.25, -0.2) is 0 Å². The largest absolute Gasteiger partial charge is 0.416 e. The summed E-state index contributed by atoms with van der Waals surface area (Å²) in [5.41, 5.74) is -0.0494. The smallest absolute Gasteiger partial charge is 0.371 e. The van der Waals surface area contributed by atoms with Crippen LogP contribution in [0.15, 0.2) is 24.3 Å². The van der Waals surface area contributed by atoms with Crippen LogP contribution in [-0.4, -0.2) is 19.4 Å². The highest BCUT2D eigenvalue weighted by molar-refractivity contribution is 5.56. The van der Waals surface area contributed by atoms with E-state index in [1.165, 1.54) is 12.1 Å².